The van der Waals surface area contributed by atoms with E-state index in [0.717, 1.165) is 6.42 Å². The molecule has 2 aliphatic heterocycles. The summed E-state index contributed by atoms with van der Waals surface area (Å²) in [5, 5.41) is 3.23. The molecule has 1 unspecified atom stereocenters. The molecule has 0 bridgehead atoms. The van der Waals surface area contributed by atoms with E-state index in [0.29, 0.717) is 25.4 Å². The van der Waals surface area contributed by atoms with Gasteiger partial charge < -0.3 is 4.90 Å². The van der Waals surface area contributed by atoms with Gasteiger partial charge in [-0.25, -0.2) is 8.42 Å². The Kier molecular flexibility index (Phi) is 3.96. The summed E-state index contributed by atoms with van der Waals surface area (Å²) in [5.74, 6) is 1.07. The fourth-order valence-electron chi connectivity index (χ4n) is 2.73. The smallest absolute Gasteiger partial charge is 0.241 e. The topological polar surface area (TPSA) is 66.5 Å². The molecule has 0 aromatic rings. The van der Waals surface area contributed by atoms with Crippen LogP contribution in [0.4, 0.5) is 0 Å². The van der Waals surface area contributed by atoms with E-state index in [1.54, 1.807) is 0 Å². The van der Waals surface area contributed by atoms with Crippen LogP contribution in [0.3, 0.4) is 0 Å². The first-order valence-corrected chi connectivity index (χ1v) is 8.45. The summed E-state index contributed by atoms with van der Waals surface area (Å²) in [6.45, 7) is 4.77. The van der Waals surface area contributed by atoms with E-state index in [1.165, 1.54) is 0 Å². The zero-order valence-corrected chi connectivity index (χ0v) is 11.9. The van der Waals surface area contributed by atoms with Crippen molar-refractivity contribution >= 4 is 15.7 Å². The molecule has 0 spiro atoms. The van der Waals surface area contributed by atoms with Crippen molar-refractivity contribution in [3.05, 3.63) is 0 Å². The van der Waals surface area contributed by atoms with Crippen LogP contribution in [0.15, 0.2) is 0 Å². The lowest BCUT2D eigenvalue weighted by Gasteiger charge is -2.30. The van der Waals surface area contributed by atoms with Gasteiger partial charge in [0, 0.05) is 6.04 Å². The van der Waals surface area contributed by atoms with Crippen LogP contribution in [-0.4, -0.2) is 49.5 Å². The normalized spacial score (nSPS) is 29.2. The molecule has 1 amide bonds. The molecule has 2 heterocycles. The van der Waals surface area contributed by atoms with Crippen molar-refractivity contribution in [3.8, 4) is 0 Å². The van der Waals surface area contributed by atoms with Crippen LogP contribution < -0.4 is 5.32 Å². The Bertz CT molecular complexity index is 405. The van der Waals surface area contributed by atoms with Gasteiger partial charge in [0.25, 0.3) is 0 Å². The summed E-state index contributed by atoms with van der Waals surface area (Å²) >= 11 is 0. The minimum Gasteiger partial charge on any atom is -0.326 e. The molecule has 1 atom stereocenters. The van der Waals surface area contributed by atoms with Crippen LogP contribution in [0.1, 0.15) is 33.1 Å². The standard InChI is InChI=1S/C12H22N2O3S/c1-9(2)7-11-12(15)14(8-13-11)10-3-5-18(16,17)6-4-10/h9-11,13H,3-8H2,1-2H3. The van der Waals surface area contributed by atoms with Crippen molar-refractivity contribution in [2.45, 2.75) is 45.2 Å². The number of rotatable bonds is 3. The van der Waals surface area contributed by atoms with Gasteiger partial charge in [-0.15, -0.1) is 0 Å². The second kappa shape index (κ2) is 5.17. The Labute approximate surface area is 109 Å². The van der Waals surface area contributed by atoms with E-state index in [1.807, 2.05) is 4.90 Å². The molecular weight excluding hydrogens is 252 g/mol. The van der Waals surface area contributed by atoms with Crippen molar-refractivity contribution in [2.75, 3.05) is 18.2 Å². The summed E-state index contributed by atoms with van der Waals surface area (Å²) < 4.78 is 22.8. The van der Waals surface area contributed by atoms with Crippen molar-refractivity contribution < 1.29 is 13.2 Å². The van der Waals surface area contributed by atoms with Crippen molar-refractivity contribution in [1.29, 1.82) is 0 Å². The maximum atomic E-state index is 12.2. The van der Waals surface area contributed by atoms with E-state index < -0.39 is 9.84 Å². The molecule has 5 nitrogen and oxygen atoms in total. The fraction of sp³-hybridized carbons (Fsp3) is 0.917. The number of carbonyl (C=O) groups is 1. The number of nitrogens with zero attached hydrogens (tertiary/aromatic N) is 1. The van der Waals surface area contributed by atoms with Gasteiger partial charge in [-0.1, -0.05) is 13.8 Å². The number of hydrogen-bond donors (Lipinski definition) is 1. The van der Waals surface area contributed by atoms with E-state index in [4.69, 9.17) is 0 Å². The lowest BCUT2D eigenvalue weighted by atomic mass is 10.0. The lowest BCUT2D eigenvalue weighted by Crippen LogP contribution is -2.43. The number of amides is 1. The van der Waals surface area contributed by atoms with Crippen LogP contribution in [0.25, 0.3) is 0 Å². The molecule has 0 aromatic heterocycles. The maximum Gasteiger partial charge on any atom is 0.241 e. The SMILES string of the molecule is CC(C)CC1NCN(C2CCS(=O)(=O)CC2)C1=O. The van der Waals surface area contributed by atoms with Gasteiger partial charge in [0.15, 0.2) is 0 Å². The first-order chi connectivity index (χ1) is 8.39. The van der Waals surface area contributed by atoms with Crippen LogP contribution in [0.2, 0.25) is 0 Å². The molecule has 0 saturated carbocycles. The summed E-state index contributed by atoms with van der Waals surface area (Å²) in [7, 11) is -2.85. The van der Waals surface area contributed by atoms with Gasteiger partial charge in [-0.05, 0) is 25.2 Å². The van der Waals surface area contributed by atoms with Gasteiger partial charge in [0.1, 0.15) is 9.84 Å². The molecule has 6 heteroatoms. The largest absolute Gasteiger partial charge is 0.326 e. The average Bonchev–Trinajstić information content (AvgIpc) is 2.60. The van der Waals surface area contributed by atoms with E-state index in [-0.39, 0.29) is 29.5 Å². The van der Waals surface area contributed by atoms with Crippen molar-refractivity contribution in [3.63, 3.8) is 0 Å². The molecule has 2 saturated heterocycles. The lowest BCUT2D eigenvalue weighted by molar-refractivity contribution is -0.131. The predicted molar refractivity (Wildman–Crippen MR) is 69.8 cm³/mol. The van der Waals surface area contributed by atoms with Crippen LogP contribution >= 0.6 is 0 Å². The van der Waals surface area contributed by atoms with Crippen molar-refractivity contribution in [2.24, 2.45) is 5.92 Å². The minimum atomic E-state index is -2.85. The zero-order chi connectivity index (χ0) is 13.3. The Balaban J connectivity index is 1.94. The summed E-state index contributed by atoms with van der Waals surface area (Å²) in [4.78, 5) is 14.1. The van der Waals surface area contributed by atoms with Gasteiger partial charge in [-0.2, -0.15) is 0 Å². The van der Waals surface area contributed by atoms with Gasteiger partial charge in [0.05, 0.1) is 24.2 Å². The second-order valence-corrected chi connectivity index (χ2v) is 8.04. The van der Waals surface area contributed by atoms with Crippen LogP contribution in [0.5, 0.6) is 0 Å². The Morgan fingerprint density at radius 2 is 1.94 bits per heavy atom. The summed E-state index contributed by atoms with van der Waals surface area (Å²) in [5.41, 5.74) is 0. The molecular formula is C12H22N2O3S. The number of nitrogens with one attached hydrogen (secondary N) is 1. The molecule has 2 fully saturated rings. The number of sulfone groups is 1. The van der Waals surface area contributed by atoms with E-state index in [2.05, 4.69) is 19.2 Å². The first-order valence-electron chi connectivity index (χ1n) is 6.63. The molecule has 0 aromatic carbocycles. The number of hydrogen-bond acceptors (Lipinski definition) is 4. The van der Waals surface area contributed by atoms with Crippen molar-refractivity contribution in [1.82, 2.24) is 10.2 Å². The highest BCUT2D eigenvalue weighted by Crippen LogP contribution is 2.22. The summed E-state index contributed by atoms with van der Waals surface area (Å²) in [6, 6.07) is 0.0224. The molecule has 0 aliphatic carbocycles. The Hall–Kier alpha value is -0.620. The number of carbonyl (C=O) groups excluding carboxylic acids is 1. The average molecular weight is 274 g/mol. The third-order valence-corrected chi connectivity index (χ3v) is 5.48. The Morgan fingerprint density at radius 1 is 1.33 bits per heavy atom. The minimum absolute atomic E-state index is 0.0801. The van der Waals surface area contributed by atoms with Gasteiger partial charge in [0.2, 0.25) is 5.91 Å². The third-order valence-electron chi connectivity index (χ3n) is 3.76. The quantitative estimate of drug-likeness (QED) is 0.807. The van der Waals surface area contributed by atoms with E-state index in [9.17, 15) is 13.2 Å². The molecule has 0 radical (unpaired) electrons. The van der Waals surface area contributed by atoms with Crippen LogP contribution in [-0.2, 0) is 14.6 Å². The fourth-order valence-corrected chi connectivity index (χ4v) is 4.19. The van der Waals surface area contributed by atoms with Gasteiger partial charge >= 0.3 is 0 Å². The molecule has 104 valence electrons. The van der Waals surface area contributed by atoms with Gasteiger partial charge in [-0.3, -0.25) is 10.1 Å². The molecule has 1 N–H and O–H groups in total. The first kappa shape index (κ1) is 13.8. The molecule has 2 rings (SSSR count). The van der Waals surface area contributed by atoms with E-state index >= 15 is 0 Å². The second-order valence-electron chi connectivity index (χ2n) is 5.74. The highest BCUT2D eigenvalue weighted by Gasteiger charge is 2.37. The Morgan fingerprint density at radius 3 is 2.50 bits per heavy atom. The highest BCUT2D eigenvalue weighted by molar-refractivity contribution is 7.91. The zero-order valence-electron chi connectivity index (χ0n) is 11.1. The predicted octanol–water partition coefficient (Wildman–Crippen LogP) is 0.368. The monoisotopic (exact) mass is 274 g/mol. The molecule has 2 aliphatic rings. The summed E-state index contributed by atoms with van der Waals surface area (Å²) in [6.07, 6.45) is 2.02. The molecule has 18 heavy (non-hydrogen) atoms. The highest BCUT2D eigenvalue weighted by atomic mass is 32.2. The third kappa shape index (κ3) is 3.03. The van der Waals surface area contributed by atoms with Crippen LogP contribution in [0, 0.1) is 5.92 Å². The maximum absolute atomic E-state index is 12.2.